The van der Waals surface area contributed by atoms with E-state index in [0.717, 1.165) is 11.8 Å². The highest BCUT2D eigenvalue weighted by Crippen LogP contribution is 2.25. The number of hydrogen-bond donors (Lipinski definition) is 2. The zero-order chi connectivity index (χ0) is 17.5. The molecule has 2 aromatic rings. The van der Waals surface area contributed by atoms with E-state index in [0.29, 0.717) is 10.8 Å². The summed E-state index contributed by atoms with van der Waals surface area (Å²) < 4.78 is 10.9. The number of urea groups is 1. The summed E-state index contributed by atoms with van der Waals surface area (Å²) in [4.78, 5) is 22.8. The topological polar surface area (TPSA) is 106 Å². The van der Waals surface area contributed by atoms with Gasteiger partial charge in [-0.25, -0.2) is 4.79 Å². The van der Waals surface area contributed by atoms with E-state index in [9.17, 15) is 9.59 Å². The van der Waals surface area contributed by atoms with E-state index in [-0.39, 0.29) is 17.7 Å². The number of aromatic nitrogens is 2. The van der Waals surface area contributed by atoms with Crippen LogP contribution in [0.5, 0.6) is 5.75 Å². The van der Waals surface area contributed by atoms with E-state index in [1.54, 1.807) is 31.2 Å². The minimum Gasteiger partial charge on any atom is -0.482 e. The first kappa shape index (κ1) is 18.1. The first-order valence-electron chi connectivity index (χ1n) is 6.88. The fourth-order valence-electron chi connectivity index (χ4n) is 1.53. The Bertz CT molecular complexity index is 724. The van der Waals surface area contributed by atoms with Crippen LogP contribution in [0.3, 0.4) is 0 Å². The third-order valence-electron chi connectivity index (χ3n) is 2.75. The first-order valence-corrected chi connectivity index (χ1v) is 8.14. The van der Waals surface area contributed by atoms with Crippen LogP contribution in [0.15, 0.2) is 33.9 Å². The molecule has 8 nitrogen and oxygen atoms in total. The van der Waals surface area contributed by atoms with Crippen LogP contribution in [0.25, 0.3) is 0 Å². The molecule has 3 amide bonds. The monoisotopic (exact) mass is 370 g/mol. The molecular formula is C14H15ClN4O4S. The maximum absolute atomic E-state index is 11.7. The van der Waals surface area contributed by atoms with Crippen LogP contribution in [-0.4, -0.2) is 34.4 Å². The summed E-state index contributed by atoms with van der Waals surface area (Å²) in [5, 5.41) is 12.2. The molecule has 0 aliphatic rings. The number of amides is 3. The zero-order valence-corrected chi connectivity index (χ0v) is 14.5. The van der Waals surface area contributed by atoms with Crippen molar-refractivity contribution in [2.45, 2.75) is 24.0 Å². The second kappa shape index (κ2) is 8.55. The van der Waals surface area contributed by atoms with E-state index >= 15 is 0 Å². The predicted octanol–water partition coefficient (Wildman–Crippen LogP) is 2.24. The molecule has 10 heteroatoms. The second-order valence-electron chi connectivity index (χ2n) is 4.51. The quantitative estimate of drug-likeness (QED) is 0.751. The van der Waals surface area contributed by atoms with Gasteiger partial charge in [-0.1, -0.05) is 35.5 Å². The number of halogens is 1. The van der Waals surface area contributed by atoms with Crippen molar-refractivity contribution in [3.05, 3.63) is 35.2 Å². The number of carbonyl (C=O) groups is 2. The van der Waals surface area contributed by atoms with Gasteiger partial charge in [0.05, 0.1) is 10.3 Å². The van der Waals surface area contributed by atoms with Crippen molar-refractivity contribution in [1.29, 1.82) is 0 Å². The summed E-state index contributed by atoms with van der Waals surface area (Å²) in [6.45, 7) is 1.67. The van der Waals surface area contributed by atoms with Crippen molar-refractivity contribution >= 4 is 35.3 Å². The molecule has 0 unspecified atom stereocenters. The summed E-state index contributed by atoms with van der Waals surface area (Å²) in [7, 11) is 1.42. The average Bonchev–Trinajstić information content (AvgIpc) is 3.01. The van der Waals surface area contributed by atoms with Crippen molar-refractivity contribution in [2.75, 3.05) is 7.05 Å². The van der Waals surface area contributed by atoms with Crippen LogP contribution in [0, 0.1) is 0 Å². The van der Waals surface area contributed by atoms with Crippen LogP contribution in [-0.2, 0) is 11.4 Å². The molecular weight excluding hydrogens is 356 g/mol. The van der Waals surface area contributed by atoms with Gasteiger partial charge < -0.3 is 14.5 Å². The Morgan fingerprint density at radius 1 is 1.38 bits per heavy atom. The highest BCUT2D eigenvalue weighted by molar-refractivity contribution is 8.00. The highest BCUT2D eigenvalue weighted by Gasteiger charge is 2.20. The molecule has 1 aromatic heterocycles. The predicted molar refractivity (Wildman–Crippen MR) is 88.0 cm³/mol. The number of ether oxygens (including phenoxy) is 1. The summed E-state index contributed by atoms with van der Waals surface area (Å²) >= 11 is 7.02. The fraction of sp³-hybridized carbons (Fsp3) is 0.286. The third kappa shape index (κ3) is 5.14. The Balaban J connectivity index is 1.87. The van der Waals surface area contributed by atoms with E-state index in [1.165, 1.54) is 7.05 Å². The molecule has 24 heavy (non-hydrogen) atoms. The van der Waals surface area contributed by atoms with Crippen molar-refractivity contribution in [3.8, 4) is 5.75 Å². The number of benzene rings is 1. The van der Waals surface area contributed by atoms with Crippen molar-refractivity contribution in [3.63, 3.8) is 0 Å². The number of nitrogens with zero attached hydrogens (tertiary/aromatic N) is 2. The van der Waals surface area contributed by atoms with Crippen molar-refractivity contribution in [1.82, 2.24) is 20.8 Å². The molecule has 0 saturated carbocycles. The fourth-order valence-corrected chi connectivity index (χ4v) is 2.42. The summed E-state index contributed by atoms with van der Waals surface area (Å²) in [5.41, 5.74) is 0. The van der Waals surface area contributed by atoms with Gasteiger partial charge in [-0.2, -0.15) is 0 Å². The van der Waals surface area contributed by atoms with Crippen LogP contribution >= 0.6 is 23.4 Å². The number of rotatable bonds is 6. The minimum atomic E-state index is -0.583. The van der Waals surface area contributed by atoms with Crippen LogP contribution < -0.4 is 15.4 Å². The van der Waals surface area contributed by atoms with Gasteiger partial charge in [0.2, 0.25) is 5.91 Å². The number of thioether (sulfide) groups is 1. The molecule has 1 heterocycles. The molecule has 2 rings (SSSR count). The molecule has 0 fully saturated rings. The lowest BCUT2D eigenvalue weighted by Gasteiger charge is -2.08. The summed E-state index contributed by atoms with van der Waals surface area (Å²) in [6.07, 6.45) is 0. The molecule has 0 bridgehead atoms. The van der Waals surface area contributed by atoms with E-state index in [1.807, 2.05) is 0 Å². The number of imide groups is 1. The van der Waals surface area contributed by atoms with Gasteiger partial charge in [-0.3, -0.25) is 10.1 Å². The minimum absolute atomic E-state index is 0.0517. The molecule has 128 valence electrons. The first-order chi connectivity index (χ1) is 11.5. The smallest absolute Gasteiger partial charge is 0.321 e. The highest BCUT2D eigenvalue weighted by atomic mass is 35.5. The zero-order valence-electron chi connectivity index (χ0n) is 12.9. The molecule has 1 aromatic carbocycles. The number of nitrogens with one attached hydrogen (secondary N) is 2. The van der Waals surface area contributed by atoms with Crippen LogP contribution in [0.1, 0.15) is 12.8 Å². The largest absolute Gasteiger partial charge is 0.482 e. The van der Waals surface area contributed by atoms with Gasteiger partial charge >= 0.3 is 6.03 Å². The summed E-state index contributed by atoms with van der Waals surface area (Å²) in [6, 6.07) is 6.44. The maximum atomic E-state index is 11.7. The van der Waals surface area contributed by atoms with Gasteiger partial charge in [0.15, 0.2) is 6.61 Å². The van der Waals surface area contributed by atoms with Gasteiger partial charge in [0.1, 0.15) is 5.75 Å². The maximum Gasteiger partial charge on any atom is 0.321 e. The molecule has 2 N–H and O–H groups in total. The Hall–Kier alpha value is -2.26. The van der Waals surface area contributed by atoms with Crippen molar-refractivity contribution < 1.29 is 18.7 Å². The Labute approximate surface area is 147 Å². The van der Waals surface area contributed by atoms with Crippen LogP contribution in [0.2, 0.25) is 5.02 Å². The Kier molecular flexibility index (Phi) is 6.44. The molecule has 0 aliphatic heterocycles. The molecule has 0 radical (unpaired) electrons. The second-order valence-corrected chi connectivity index (χ2v) is 6.21. The third-order valence-corrected chi connectivity index (χ3v) is 3.99. The van der Waals surface area contributed by atoms with Gasteiger partial charge in [-0.05, 0) is 19.1 Å². The van der Waals surface area contributed by atoms with Crippen molar-refractivity contribution in [2.24, 2.45) is 0 Å². The average molecular weight is 371 g/mol. The lowest BCUT2D eigenvalue weighted by molar-refractivity contribution is -0.119. The Morgan fingerprint density at radius 2 is 2.12 bits per heavy atom. The van der Waals surface area contributed by atoms with Gasteiger partial charge in [0, 0.05) is 7.05 Å². The van der Waals surface area contributed by atoms with E-state index in [2.05, 4.69) is 20.8 Å². The molecule has 0 saturated heterocycles. The molecule has 1 atom stereocenters. The standard InChI is InChI=1S/C14H15ClN4O4S/c1-8(12(20)17-13(21)16-2)24-14-19-18-11(23-14)7-22-10-6-4-3-5-9(10)15/h3-6,8H,7H2,1-2H3,(H2,16,17,20,21)/t8-/m1/s1. The number of hydrogen-bond acceptors (Lipinski definition) is 7. The normalized spacial score (nSPS) is 11.6. The lowest BCUT2D eigenvalue weighted by Crippen LogP contribution is -2.41. The molecule has 0 spiro atoms. The van der Waals surface area contributed by atoms with Crippen LogP contribution in [0.4, 0.5) is 4.79 Å². The van der Waals surface area contributed by atoms with Gasteiger partial charge in [-0.15, -0.1) is 10.2 Å². The summed E-state index contributed by atoms with van der Waals surface area (Å²) in [5.74, 6) is 0.285. The van der Waals surface area contributed by atoms with Gasteiger partial charge in [0.25, 0.3) is 11.1 Å². The number of para-hydroxylation sites is 1. The molecule has 0 aliphatic carbocycles. The Morgan fingerprint density at radius 3 is 2.83 bits per heavy atom. The lowest BCUT2D eigenvalue weighted by atomic mass is 10.3. The SMILES string of the molecule is CNC(=O)NC(=O)[C@@H](C)Sc1nnc(COc2ccccc2Cl)o1. The number of carbonyl (C=O) groups excluding carboxylic acids is 2. The van der Waals surface area contributed by atoms with E-state index < -0.39 is 17.2 Å². The van der Waals surface area contributed by atoms with E-state index in [4.69, 9.17) is 20.8 Å².